The second kappa shape index (κ2) is 6.37. The van der Waals surface area contributed by atoms with E-state index in [1.807, 2.05) is 17.7 Å². The number of esters is 1. The molecule has 0 spiro atoms. The average molecular weight is 357 g/mol. The molecule has 0 radical (unpaired) electrons. The number of imidazole rings is 1. The summed E-state index contributed by atoms with van der Waals surface area (Å²) in [7, 11) is 5.11. The van der Waals surface area contributed by atoms with Gasteiger partial charge in [0.15, 0.2) is 5.82 Å². The van der Waals surface area contributed by atoms with Gasteiger partial charge < -0.3 is 18.9 Å². The second-order valence-electron chi connectivity index (χ2n) is 6.13. The number of carbonyl (C=O) groups excluding carboxylic acids is 1. The van der Waals surface area contributed by atoms with Crippen LogP contribution in [0.1, 0.15) is 22.3 Å². The molecular formula is C16H19N7O3. The van der Waals surface area contributed by atoms with Crippen LogP contribution in [-0.4, -0.2) is 62.5 Å². The van der Waals surface area contributed by atoms with Crippen LogP contribution in [0.5, 0.6) is 0 Å². The number of ether oxygens (including phenoxy) is 2. The number of rotatable bonds is 3. The molecule has 0 bridgehead atoms. The van der Waals surface area contributed by atoms with Gasteiger partial charge in [-0.25, -0.2) is 14.5 Å². The van der Waals surface area contributed by atoms with Crippen LogP contribution >= 0.6 is 0 Å². The van der Waals surface area contributed by atoms with Crippen LogP contribution in [0.4, 0.5) is 5.95 Å². The molecule has 3 aromatic rings. The van der Waals surface area contributed by atoms with Gasteiger partial charge in [0.2, 0.25) is 5.95 Å². The van der Waals surface area contributed by atoms with E-state index in [4.69, 9.17) is 14.5 Å². The highest BCUT2D eigenvalue weighted by Crippen LogP contribution is 2.27. The molecule has 10 nitrogen and oxygen atoms in total. The van der Waals surface area contributed by atoms with Crippen molar-refractivity contribution in [3.05, 3.63) is 29.6 Å². The second-order valence-corrected chi connectivity index (χ2v) is 6.13. The third kappa shape index (κ3) is 2.68. The lowest BCUT2D eigenvalue weighted by Gasteiger charge is -2.32. The summed E-state index contributed by atoms with van der Waals surface area (Å²) in [5.74, 6) is 1.12. The van der Waals surface area contributed by atoms with E-state index < -0.39 is 0 Å². The van der Waals surface area contributed by atoms with Crippen LogP contribution in [0.2, 0.25) is 0 Å². The summed E-state index contributed by atoms with van der Waals surface area (Å²) in [5, 5.41) is 11.6. The van der Waals surface area contributed by atoms with Crippen LogP contribution in [0.3, 0.4) is 0 Å². The summed E-state index contributed by atoms with van der Waals surface area (Å²) in [6.07, 6.45) is -0.228. The van der Waals surface area contributed by atoms with Crippen molar-refractivity contribution in [3.63, 3.8) is 0 Å². The molecule has 2 aromatic heterocycles. The predicted octanol–water partition coefficient (Wildman–Crippen LogP) is 0.461. The Morgan fingerprint density at radius 2 is 2.19 bits per heavy atom. The normalized spacial score (nSPS) is 17.7. The highest BCUT2D eigenvalue weighted by molar-refractivity contribution is 5.94. The van der Waals surface area contributed by atoms with Gasteiger partial charge in [-0.1, -0.05) is 0 Å². The smallest absolute Gasteiger partial charge is 0.337 e. The molecule has 0 N–H and O–H groups in total. The standard InChI is InChI=1S/C16H19N7O3/c1-21-12-5-4-10(15(24)25-3)8-11(12)17-16(21)23-6-7-26-13(9-23)14-18-19-20-22(14)2/h4-5,8,13H,6-7,9H2,1-3H3. The molecule has 3 heterocycles. The van der Waals surface area contributed by atoms with Crippen LogP contribution < -0.4 is 4.90 Å². The average Bonchev–Trinajstić information content (AvgIpc) is 3.24. The zero-order valence-electron chi connectivity index (χ0n) is 14.8. The van der Waals surface area contributed by atoms with Crippen LogP contribution in [0.15, 0.2) is 18.2 Å². The maximum atomic E-state index is 11.8. The predicted molar refractivity (Wildman–Crippen MR) is 91.8 cm³/mol. The van der Waals surface area contributed by atoms with Gasteiger partial charge in [-0.2, -0.15) is 0 Å². The minimum atomic E-state index is -0.375. The molecule has 1 aliphatic heterocycles. The monoisotopic (exact) mass is 357 g/mol. The number of fused-ring (bicyclic) bond motifs is 1. The highest BCUT2D eigenvalue weighted by Gasteiger charge is 2.28. The molecular weight excluding hydrogens is 338 g/mol. The number of benzene rings is 1. The minimum absolute atomic E-state index is 0.228. The van der Waals surface area contributed by atoms with E-state index in [0.29, 0.717) is 31.1 Å². The number of aromatic nitrogens is 6. The number of nitrogens with zero attached hydrogens (tertiary/aromatic N) is 7. The maximum Gasteiger partial charge on any atom is 0.337 e. The molecule has 1 unspecified atom stereocenters. The summed E-state index contributed by atoms with van der Waals surface area (Å²) in [4.78, 5) is 18.6. The van der Waals surface area contributed by atoms with Crippen molar-refractivity contribution in [3.8, 4) is 0 Å². The van der Waals surface area contributed by atoms with Crippen LogP contribution in [-0.2, 0) is 23.6 Å². The Kier molecular flexibility index (Phi) is 4.03. The van der Waals surface area contributed by atoms with Gasteiger partial charge in [-0.15, -0.1) is 5.10 Å². The van der Waals surface area contributed by atoms with Crippen molar-refractivity contribution in [1.29, 1.82) is 0 Å². The van der Waals surface area contributed by atoms with Gasteiger partial charge in [0.1, 0.15) is 6.10 Å². The third-order valence-corrected chi connectivity index (χ3v) is 4.57. The number of morpholine rings is 1. The van der Waals surface area contributed by atoms with Crippen molar-refractivity contribution in [1.82, 2.24) is 29.8 Å². The number of methoxy groups -OCH3 is 1. The zero-order chi connectivity index (χ0) is 18.3. The third-order valence-electron chi connectivity index (χ3n) is 4.57. The highest BCUT2D eigenvalue weighted by atomic mass is 16.5. The van der Waals surface area contributed by atoms with Crippen LogP contribution in [0, 0.1) is 0 Å². The Labute approximate surface area is 149 Å². The fourth-order valence-electron chi connectivity index (χ4n) is 3.21. The molecule has 1 saturated heterocycles. The molecule has 1 fully saturated rings. The lowest BCUT2D eigenvalue weighted by molar-refractivity contribution is 0.0309. The minimum Gasteiger partial charge on any atom is -0.465 e. The summed E-state index contributed by atoms with van der Waals surface area (Å²) < 4.78 is 14.2. The fourth-order valence-corrected chi connectivity index (χ4v) is 3.21. The quantitative estimate of drug-likeness (QED) is 0.623. The SMILES string of the molecule is COC(=O)c1ccc2c(c1)nc(N1CCOC(c3nnnn3C)C1)n2C. The van der Waals surface area contributed by atoms with Crippen molar-refractivity contribution in [2.24, 2.45) is 14.1 Å². The summed E-state index contributed by atoms with van der Waals surface area (Å²) in [6.45, 7) is 1.85. The Morgan fingerprint density at radius 3 is 2.92 bits per heavy atom. The Balaban J connectivity index is 1.66. The first-order valence-electron chi connectivity index (χ1n) is 8.22. The van der Waals surface area contributed by atoms with E-state index in [2.05, 4.69) is 20.4 Å². The van der Waals surface area contributed by atoms with Crippen molar-refractivity contribution >= 4 is 23.0 Å². The molecule has 4 rings (SSSR count). The number of tetrazole rings is 1. The molecule has 136 valence electrons. The number of aryl methyl sites for hydroxylation is 2. The number of carbonyl (C=O) groups is 1. The van der Waals surface area contributed by atoms with Crippen LogP contribution in [0.25, 0.3) is 11.0 Å². The molecule has 10 heteroatoms. The van der Waals surface area contributed by atoms with Gasteiger partial charge in [0, 0.05) is 20.6 Å². The van der Waals surface area contributed by atoms with E-state index in [1.165, 1.54) is 7.11 Å². The molecule has 1 aromatic carbocycles. The van der Waals surface area contributed by atoms with Gasteiger partial charge in [-0.05, 0) is 28.6 Å². The lowest BCUT2D eigenvalue weighted by atomic mass is 10.2. The first kappa shape index (κ1) is 16.5. The molecule has 1 atom stereocenters. The van der Waals surface area contributed by atoms with E-state index in [-0.39, 0.29) is 12.1 Å². The fraction of sp³-hybridized carbons (Fsp3) is 0.438. The molecule has 1 aliphatic rings. The lowest BCUT2D eigenvalue weighted by Crippen LogP contribution is -2.40. The summed E-state index contributed by atoms with van der Waals surface area (Å²) in [5.41, 5.74) is 2.17. The van der Waals surface area contributed by atoms with E-state index in [9.17, 15) is 4.79 Å². The molecule has 0 saturated carbocycles. The van der Waals surface area contributed by atoms with Crippen molar-refractivity contribution in [2.75, 3.05) is 31.7 Å². The van der Waals surface area contributed by atoms with Crippen molar-refractivity contribution in [2.45, 2.75) is 6.10 Å². The number of anilines is 1. The Morgan fingerprint density at radius 1 is 1.35 bits per heavy atom. The zero-order valence-corrected chi connectivity index (χ0v) is 14.8. The topological polar surface area (TPSA) is 100 Å². The number of hydrogen-bond donors (Lipinski definition) is 0. The van der Waals surface area contributed by atoms with Gasteiger partial charge in [-0.3, -0.25) is 0 Å². The summed E-state index contributed by atoms with van der Waals surface area (Å²) >= 11 is 0. The van der Waals surface area contributed by atoms with Gasteiger partial charge >= 0.3 is 5.97 Å². The first-order chi connectivity index (χ1) is 12.6. The van der Waals surface area contributed by atoms with E-state index in [1.54, 1.807) is 23.9 Å². The van der Waals surface area contributed by atoms with Crippen molar-refractivity contribution < 1.29 is 14.3 Å². The van der Waals surface area contributed by atoms with E-state index >= 15 is 0 Å². The molecule has 0 aliphatic carbocycles. The van der Waals surface area contributed by atoms with Gasteiger partial charge in [0.25, 0.3) is 0 Å². The Hall–Kier alpha value is -3.01. The molecule has 0 amide bonds. The van der Waals surface area contributed by atoms with Gasteiger partial charge in [0.05, 0.1) is 36.9 Å². The summed E-state index contributed by atoms with van der Waals surface area (Å²) in [6, 6.07) is 5.37. The first-order valence-corrected chi connectivity index (χ1v) is 8.22. The number of hydrogen-bond acceptors (Lipinski definition) is 8. The van der Waals surface area contributed by atoms with E-state index in [0.717, 1.165) is 17.0 Å². The maximum absolute atomic E-state index is 11.8. The Bertz CT molecular complexity index is 964. The molecule has 26 heavy (non-hydrogen) atoms. The largest absolute Gasteiger partial charge is 0.465 e.